The Morgan fingerprint density at radius 1 is 1.19 bits per heavy atom. The largest absolute Gasteiger partial charge is 0.369 e. The van der Waals surface area contributed by atoms with Gasteiger partial charge in [-0.25, -0.2) is 8.78 Å². The smallest absolute Gasteiger partial charge is 0.276 e. The first-order chi connectivity index (χ1) is 10.1. The molecule has 0 aliphatic rings. The van der Waals surface area contributed by atoms with Crippen LogP contribution in [0.5, 0.6) is 0 Å². The van der Waals surface area contributed by atoms with Crippen molar-refractivity contribution in [3.8, 4) is 0 Å². The summed E-state index contributed by atoms with van der Waals surface area (Å²) in [4.78, 5) is 11.9. The minimum atomic E-state index is -0.849. The van der Waals surface area contributed by atoms with E-state index in [1.54, 1.807) is 6.07 Å². The summed E-state index contributed by atoms with van der Waals surface area (Å²) in [5.41, 5.74) is -0.0721. The number of hydrogen-bond acceptors (Lipinski definition) is 4. The average Bonchev–Trinajstić information content (AvgIpc) is 2.48. The molecule has 7 heteroatoms. The van der Waals surface area contributed by atoms with Crippen LogP contribution in [0.25, 0.3) is 0 Å². The van der Waals surface area contributed by atoms with E-state index in [4.69, 9.17) is 0 Å². The number of nitrogens with zero attached hydrogens (tertiary/aromatic N) is 2. The second-order valence-corrected chi connectivity index (χ2v) is 4.31. The van der Waals surface area contributed by atoms with Crippen molar-refractivity contribution in [2.75, 3.05) is 17.2 Å². The fourth-order valence-electron chi connectivity index (χ4n) is 1.58. The lowest BCUT2D eigenvalue weighted by atomic mass is 10.2. The van der Waals surface area contributed by atoms with Gasteiger partial charge in [-0.05, 0) is 30.7 Å². The Morgan fingerprint density at radius 3 is 2.62 bits per heavy atom. The van der Waals surface area contributed by atoms with Crippen molar-refractivity contribution in [2.24, 2.45) is 0 Å². The Labute approximate surface area is 120 Å². The topological polar surface area (TPSA) is 66.9 Å². The lowest BCUT2D eigenvalue weighted by Gasteiger charge is -2.06. The van der Waals surface area contributed by atoms with Gasteiger partial charge in [-0.1, -0.05) is 6.92 Å². The van der Waals surface area contributed by atoms with Crippen LogP contribution in [0.2, 0.25) is 0 Å². The van der Waals surface area contributed by atoms with Gasteiger partial charge in [-0.3, -0.25) is 4.79 Å². The molecule has 1 heterocycles. The Morgan fingerprint density at radius 2 is 2.00 bits per heavy atom. The zero-order chi connectivity index (χ0) is 15.2. The highest BCUT2D eigenvalue weighted by atomic mass is 19.1. The molecule has 21 heavy (non-hydrogen) atoms. The molecule has 2 aromatic rings. The zero-order valence-electron chi connectivity index (χ0n) is 11.4. The maximum atomic E-state index is 13.4. The van der Waals surface area contributed by atoms with E-state index in [0.717, 1.165) is 25.1 Å². The van der Waals surface area contributed by atoms with E-state index in [1.165, 1.54) is 6.07 Å². The molecule has 1 aromatic carbocycles. The first-order valence-corrected chi connectivity index (χ1v) is 6.44. The highest BCUT2D eigenvalue weighted by Crippen LogP contribution is 2.15. The molecule has 0 fully saturated rings. The first kappa shape index (κ1) is 14.8. The Balaban J connectivity index is 2.06. The molecule has 0 bridgehead atoms. The van der Waals surface area contributed by atoms with Crippen molar-refractivity contribution >= 4 is 17.4 Å². The second-order valence-electron chi connectivity index (χ2n) is 4.31. The van der Waals surface area contributed by atoms with Crippen LogP contribution in [0.4, 0.5) is 20.3 Å². The van der Waals surface area contributed by atoms with Crippen LogP contribution in [0, 0.1) is 11.6 Å². The van der Waals surface area contributed by atoms with Crippen LogP contribution < -0.4 is 10.6 Å². The number of halogens is 2. The quantitative estimate of drug-likeness (QED) is 0.889. The van der Waals surface area contributed by atoms with E-state index in [9.17, 15) is 13.6 Å². The van der Waals surface area contributed by atoms with E-state index in [-0.39, 0.29) is 11.4 Å². The highest BCUT2D eigenvalue weighted by molar-refractivity contribution is 6.02. The average molecular weight is 292 g/mol. The number of carbonyl (C=O) groups is 1. The third-order valence-electron chi connectivity index (χ3n) is 2.63. The zero-order valence-corrected chi connectivity index (χ0v) is 11.4. The van der Waals surface area contributed by atoms with Crippen LogP contribution in [-0.2, 0) is 0 Å². The molecule has 0 unspecified atom stereocenters. The first-order valence-electron chi connectivity index (χ1n) is 6.44. The lowest BCUT2D eigenvalue weighted by molar-refractivity contribution is 0.102. The van der Waals surface area contributed by atoms with E-state index in [0.29, 0.717) is 11.9 Å². The predicted molar refractivity (Wildman–Crippen MR) is 75.1 cm³/mol. The van der Waals surface area contributed by atoms with Gasteiger partial charge in [0.05, 0.1) is 5.69 Å². The minimum absolute atomic E-state index is 0.0424. The van der Waals surface area contributed by atoms with Crippen molar-refractivity contribution in [3.05, 3.63) is 47.7 Å². The third-order valence-corrected chi connectivity index (χ3v) is 2.63. The molecule has 110 valence electrons. The molecule has 0 aliphatic heterocycles. The fourth-order valence-corrected chi connectivity index (χ4v) is 1.58. The number of carbonyl (C=O) groups excluding carboxylic acids is 1. The molecule has 2 rings (SSSR count). The predicted octanol–water partition coefficient (Wildman–Crippen LogP) is 2.83. The van der Waals surface area contributed by atoms with Gasteiger partial charge in [0.1, 0.15) is 17.5 Å². The van der Waals surface area contributed by atoms with Gasteiger partial charge in [0, 0.05) is 12.6 Å². The number of benzene rings is 1. The molecule has 0 spiro atoms. The van der Waals surface area contributed by atoms with E-state index >= 15 is 0 Å². The number of nitrogens with one attached hydrogen (secondary N) is 2. The molecule has 0 saturated carbocycles. The summed E-state index contributed by atoms with van der Waals surface area (Å²) >= 11 is 0. The summed E-state index contributed by atoms with van der Waals surface area (Å²) in [7, 11) is 0. The van der Waals surface area contributed by atoms with Crippen molar-refractivity contribution in [2.45, 2.75) is 13.3 Å². The maximum absolute atomic E-state index is 13.4. The van der Waals surface area contributed by atoms with Gasteiger partial charge in [0.15, 0.2) is 5.69 Å². The Bertz CT molecular complexity index is 631. The van der Waals surface area contributed by atoms with Crippen molar-refractivity contribution in [3.63, 3.8) is 0 Å². The van der Waals surface area contributed by atoms with Crippen LogP contribution in [0.3, 0.4) is 0 Å². The van der Waals surface area contributed by atoms with Gasteiger partial charge in [0.2, 0.25) is 0 Å². The van der Waals surface area contributed by atoms with Crippen molar-refractivity contribution in [1.82, 2.24) is 10.2 Å². The van der Waals surface area contributed by atoms with Crippen LogP contribution in [0.1, 0.15) is 23.8 Å². The second kappa shape index (κ2) is 6.74. The lowest BCUT2D eigenvalue weighted by Crippen LogP contribution is -2.16. The molecule has 0 radical (unpaired) electrons. The maximum Gasteiger partial charge on any atom is 0.276 e. The standard InChI is InChI=1S/C14H14F2N4O/c1-2-7-17-13-6-5-12(19-20-13)14(21)18-11-4-3-9(15)8-10(11)16/h3-6,8H,2,7H2,1H3,(H,17,20)(H,18,21). The monoisotopic (exact) mass is 292 g/mol. The van der Waals surface area contributed by atoms with E-state index < -0.39 is 17.5 Å². The molecule has 1 aromatic heterocycles. The van der Waals surface area contributed by atoms with E-state index in [2.05, 4.69) is 20.8 Å². The molecule has 0 atom stereocenters. The van der Waals surface area contributed by atoms with Crippen LogP contribution >= 0.6 is 0 Å². The van der Waals surface area contributed by atoms with Gasteiger partial charge >= 0.3 is 0 Å². The molecule has 0 aliphatic carbocycles. The van der Waals surface area contributed by atoms with Gasteiger partial charge < -0.3 is 10.6 Å². The highest BCUT2D eigenvalue weighted by Gasteiger charge is 2.11. The molecule has 1 amide bonds. The summed E-state index contributed by atoms with van der Waals surface area (Å²) < 4.78 is 26.2. The Hall–Kier alpha value is -2.57. The SMILES string of the molecule is CCCNc1ccc(C(=O)Nc2ccc(F)cc2F)nn1. The number of amides is 1. The van der Waals surface area contributed by atoms with Gasteiger partial charge in [0.25, 0.3) is 5.91 Å². The summed E-state index contributed by atoms with van der Waals surface area (Å²) in [5.74, 6) is -1.62. The van der Waals surface area contributed by atoms with E-state index in [1.807, 2.05) is 6.92 Å². The third kappa shape index (κ3) is 3.95. The number of aromatic nitrogens is 2. The molecule has 2 N–H and O–H groups in total. The number of anilines is 2. The summed E-state index contributed by atoms with van der Waals surface area (Å²) in [6.07, 6.45) is 0.938. The summed E-state index contributed by atoms with van der Waals surface area (Å²) in [5, 5.41) is 12.9. The summed E-state index contributed by atoms with van der Waals surface area (Å²) in [6.45, 7) is 2.76. The van der Waals surface area contributed by atoms with Crippen LogP contribution in [0.15, 0.2) is 30.3 Å². The van der Waals surface area contributed by atoms with Crippen LogP contribution in [-0.4, -0.2) is 22.6 Å². The number of rotatable bonds is 5. The van der Waals surface area contributed by atoms with Crippen molar-refractivity contribution < 1.29 is 13.6 Å². The van der Waals surface area contributed by atoms with Gasteiger partial charge in [-0.2, -0.15) is 0 Å². The van der Waals surface area contributed by atoms with Gasteiger partial charge in [-0.15, -0.1) is 10.2 Å². The normalized spacial score (nSPS) is 10.2. The fraction of sp³-hybridized carbons (Fsp3) is 0.214. The molecule has 0 saturated heterocycles. The molecule has 5 nitrogen and oxygen atoms in total. The summed E-state index contributed by atoms with van der Waals surface area (Å²) in [6, 6.07) is 5.98. The Kier molecular flexibility index (Phi) is 4.76. The molecular formula is C14H14F2N4O. The van der Waals surface area contributed by atoms with Crippen molar-refractivity contribution in [1.29, 1.82) is 0 Å². The molecular weight excluding hydrogens is 278 g/mol. The minimum Gasteiger partial charge on any atom is -0.369 e. The number of hydrogen-bond donors (Lipinski definition) is 2.